The minimum absolute atomic E-state index is 0.378. The fraction of sp³-hybridized carbons (Fsp3) is 0.0385. The van der Waals surface area contributed by atoms with Crippen LogP contribution in [0.1, 0.15) is 27.8 Å². The summed E-state index contributed by atoms with van der Waals surface area (Å²) in [6, 6.07) is 21.7. The van der Waals surface area contributed by atoms with Gasteiger partial charge >= 0.3 is 0 Å². The molecule has 10 heteroatoms. The van der Waals surface area contributed by atoms with Gasteiger partial charge in [0, 0.05) is 39.1 Å². The van der Waals surface area contributed by atoms with Crippen molar-refractivity contribution in [2.75, 3.05) is 5.01 Å². The van der Waals surface area contributed by atoms with Crippen LogP contribution in [0.4, 0.5) is 5.69 Å². The molecule has 0 amide bonds. The molecule has 0 saturated carbocycles. The lowest BCUT2D eigenvalue weighted by molar-refractivity contribution is 0.125. The monoisotopic (exact) mass is 534 g/mol. The number of aliphatic hydroxyl groups is 1. The fourth-order valence-electron chi connectivity index (χ4n) is 4.44. The Labute approximate surface area is 221 Å². The Morgan fingerprint density at radius 3 is 2.44 bits per heavy atom. The van der Waals surface area contributed by atoms with E-state index in [1.54, 1.807) is 53.8 Å². The van der Waals surface area contributed by atoms with Gasteiger partial charge in [-0.15, -0.1) is 10.6 Å². The number of benzene rings is 3. The second kappa shape index (κ2) is 8.89. The molecule has 3 aromatic carbocycles. The Hall–Kier alpha value is -3.46. The summed E-state index contributed by atoms with van der Waals surface area (Å²) in [4.78, 5) is 9.00. The largest absolute Gasteiger partial charge is 0.376 e. The topological polar surface area (TPSA) is 85.1 Å². The van der Waals surface area contributed by atoms with Crippen molar-refractivity contribution in [3.05, 3.63) is 128 Å². The predicted molar refractivity (Wildman–Crippen MR) is 143 cm³/mol. The number of guanidine groups is 1. The van der Waals surface area contributed by atoms with Gasteiger partial charge in [0.15, 0.2) is 0 Å². The second-order valence-corrected chi connectivity index (χ2v) is 9.53. The number of hydrazine groups is 2. The maximum Gasteiger partial charge on any atom is 0.265 e. The molecule has 0 aliphatic carbocycles. The predicted octanol–water partition coefficient (Wildman–Crippen LogP) is 5.28. The van der Waals surface area contributed by atoms with Gasteiger partial charge in [0.05, 0.1) is 16.4 Å². The molecule has 0 spiro atoms. The molecule has 0 radical (unpaired) electrons. The van der Waals surface area contributed by atoms with Gasteiger partial charge in [0.25, 0.3) is 5.96 Å². The number of aromatic nitrogens is 1. The SMILES string of the molecule is OC(c1ccc(Cl)cc1)(c1ccc2c(c1)C(c1cccc(Cl)c1)=NC1=NNNN12)c1cnccc1Cl. The zero-order valence-corrected chi connectivity index (χ0v) is 20.7. The van der Waals surface area contributed by atoms with Crippen molar-refractivity contribution in [3.63, 3.8) is 0 Å². The first kappa shape index (κ1) is 23.0. The van der Waals surface area contributed by atoms with Crippen LogP contribution in [-0.4, -0.2) is 21.8 Å². The third-order valence-corrected chi connectivity index (χ3v) is 6.97. The first-order valence-electron chi connectivity index (χ1n) is 10.9. The number of aliphatic imine (C=N–C) groups is 1. The maximum atomic E-state index is 12.4. The van der Waals surface area contributed by atoms with E-state index >= 15 is 0 Å². The number of pyridine rings is 1. The maximum absolute atomic E-state index is 12.4. The number of hydrogen-bond acceptors (Lipinski definition) is 7. The van der Waals surface area contributed by atoms with Gasteiger partial charge in [-0.1, -0.05) is 65.1 Å². The molecule has 1 aromatic heterocycles. The van der Waals surface area contributed by atoms with Crippen LogP contribution >= 0.6 is 34.8 Å². The van der Waals surface area contributed by atoms with Crippen molar-refractivity contribution in [1.29, 1.82) is 0 Å². The Morgan fingerprint density at radius 1 is 0.861 bits per heavy atom. The summed E-state index contributed by atoms with van der Waals surface area (Å²) in [6.45, 7) is 0. The van der Waals surface area contributed by atoms with Crippen LogP contribution in [-0.2, 0) is 5.60 Å². The van der Waals surface area contributed by atoms with E-state index in [-0.39, 0.29) is 0 Å². The van der Waals surface area contributed by atoms with Gasteiger partial charge in [-0.05, 0) is 53.6 Å². The van der Waals surface area contributed by atoms with E-state index in [1.807, 2.05) is 36.4 Å². The van der Waals surface area contributed by atoms with E-state index in [0.717, 1.165) is 16.8 Å². The van der Waals surface area contributed by atoms with Crippen molar-refractivity contribution in [3.8, 4) is 0 Å². The van der Waals surface area contributed by atoms with Gasteiger partial charge in [0.1, 0.15) is 5.60 Å². The highest BCUT2D eigenvalue weighted by molar-refractivity contribution is 6.32. The van der Waals surface area contributed by atoms with Crippen molar-refractivity contribution in [1.82, 2.24) is 16.1 Å². The first-order valence-corrected chi connectivity index (χ1v) is 12.0. The lowest BCUT2D eigenvalue weighted by Gasteiger charge is -2.33. The number of rotatable bonds is 4. The molecule has 1 unspecified atom stereocenters. The Balaban J connectivity index is 1.60. The van der Waals surface area contributed by atoms with E-state index < -0.39 is 5.60 Å². The minimum Gasteiger partial charge on any atom is -0.376 e. The number of anilines is 1. The molecule has 2 aliphatic rings. The summed E-state index contributed by atoms with van der Waals surface area (Å²) in [5.74, 6) is 0.452. The molecule has 3 heterocycles. The smallest absolute Gasteiger partial charge is 0.265 e. The molecule has 4 aromatic rings. The summed E-state index contributed by atoms with van der Waals surface area (Å²) < 4.78 is 0. The van der Waals surface area contributed by atoms with E-state index in [0.29, 0.717) is 43.4 Å². The Morgan fingerprint density at radius 2 is 1.67 bits per heavy atom. The van der Waals surface area contributed by atoms with Crippen LogP contribution < -0.4 is 16.1 Å². The average molecular weight is 536 g/mol. The molecular weight excluding hydrogens is 519 g/mol. The zero-order chi connectivity index (χ0) is 24.9. The number of halogens is 3. The third kappa shape index (κ3) is 3.73. The van der Waals surface area contributed by atoms with Crippen LogP contribution in [0, 0.1) is 0 Å². The Kier molecular flexibility index (Phi) is 5.67. The van der Waals surface area contributed by atoms with E-state index in [2.05, 4.69) is 21.2 Å². The van der Waals surface area contributed by atoms with Gasteiger partial charge in [0.2, 0.25) is 0 Å². The lowest BCUT2D eigenvalue weighted by Crippen LogP contribution is -2.43. The van der Waals surface area contributed by atoms with Gasteiger partial charge in [-0.2, -0.15) is 0 Å². The quantitative estimate of drug-likeness (QED) is 0.331. The molecule has 0 fully saturated rings. The molecule has 6 rings (SSSR count). The number of fused-ring (bicyclic) bond motifs is 3. The highest BCUT2D eigenvalue weighted by Crippen LogP contribution is 2.42. The number of nitrogens with zero attached hydrogens (tertiary/aromatic N) is 4. The summed E-state index contributed by atoms with van der Waals surface area (Å²) in [7, 11) is 0. The summed E-state index contributed by atoms with van der Waals surface area (Å²) in [6.07, 6.45) is 3.15. The standard InChI is InChI=1S/C26H17Cl3N6O/c27-18-7-4-16(5-8-18)26(36,21-14-30-11-10-22(21)29)17-6-9-23-20(13-17)24(15-2-1-3-19(28)12-15)31-25-32-33-34-35(23)25/h1-14,33-34,36H. The van der Waals surface area contributed by atoms with E-state index in [4.69, 9.17) is 39.8 Å². The molecule has 178 valence electrons. The van der Waals surface area contributed by atoms with Crippen LogP contribution in [0.2, 0.25) is 15.1 Å². The zero-order valence-electron chi connectivity index (χ0n) is 18.5. The van der Waals surface area contributed by atoms with Crippen LogP contribution in [0.15, 0.2) is 95.3 Å². The normalized spacial score (nSPS) is 15.8. The van der Waals surface area contributed by atoms with E-state index in [1.165, 1.54) is 0 Å². The number of nitrogens with one attached hydrogen (secondary N) is 2. The summed E-state index contributed by atoms with van der Waals surface area (Å²) in [5, 5.41) is 19.9. The van der Waals surface area contributed by atoms with Crippen molar-refractivity contribution in [2.24, 2.45) is 10.1 Å². The first-order chi connectivity index (χ1) is 17.4. The molecule has 0 saturated heterocycles. The molecule has 36 heavy (non-hydrogen) atoms. The lowest BCUT2D eigenvalue weighted by atomic mass is 9.79. The minimum atomic E-state index is -1.63. The van der Waals surface area contributed by atoms with Gasteiger partial charge in [-0.25, -0.2) is 15.5 Å². The summed E-state index contributed by atoms with van der Waals surface area (Å²) in [5.41, 5.74) is 8.70. The van der Waals surface area contributed by atoms with Gasteiger partial charge < -0.3 is 5.11 Å². The number of hydrazone groups is 1. The number of hydrogen-bond donors (Lipinski definition) is 3. The van der Waals surface area contributed by atoms with Crippen LogP contribution in [0.25, 0.3) is 0 Å². The third-order valence-electron chi connectivity index (χ3n) is 6.16. The fourth-order valence-corrected chi connectivity index (χ4v) is 5.00. The molecule has 7 nitrogen and oxygen atoms in total. The molecular formula is C26H17Cl3N6O. The molecule has 3 N–H and O–H groups in total. The molecule has 2 aliphatic heterocycles. The average Bonchev–Trinajstić information content (AvgIpc) is 3.37. The van der Waals surface area contributed by atoms with Crippen molar-refractivity contribution in [2.45, 2.75) is 5.60 Å². The van der Waals surface area contributed by atoms with E-state index in [9.17, 15) is 5.11 Å². The van der Waals surface area contributed by atoms with Crippen LogP contribution in [0.3, 0.4) is 0 Å². The Bertz CT molecular complexity index is 1560. The van der Waals surface area contributed by atoms with Crippen molar-refractivity contribution >= 4 is 52.2 Å². The highest BCUT2D eigenvalue weighted by atomic mass is 35.5. The second-order valence-electron chi connectivity index (χ2n) is 8.25. The van der Waals surface area contributed by atoms with Crippen molar-refractivity contribution < 1.29 is 5.11 Å². The summed E-state index contributed by atoms with van der Waals surface area (Å²) >= 11 is 19.1. The molecule has 0 bridgehead atoms. The highest BCUT2D eigenvalue weighted by Gasteiger charge is 2.38. The van der Waals surface area contributed by atoms with Gasteiger partial charge in [-0.3, -0.25) is 4.98 Å². The molecule has 1 atom stereocenters. The van der Waals surface area contributed by atoms with Crippen LogP contribution in [0.5, 0.6) is 0 Å².